The summed E-state index contributed by atoms with van der Waals surface area (Å²) in [5, 5.41) is 0. The molecule has 1 unspecified atom stereocenters. The van der Waals surface area contributed by atoms with E-state index in [9.17, 15) is 4.79 Å². The van der Waals surface area contributed by atoms with Gasteiger partial charge in [-0.05, 0) is 13.8 Å². The molecule has 1 atom stereocenters. The van der Waals surface area contributed by atoms with Crippen molar-refractivity contribution in [3.05, 3.63) is 0 Å². The summed E-state index contributed by atoms with van der Waals surface area (Å²) < 4.78 is 0. The lowest BCUT2D eigenvalue weighted by molar-refractivity contribution is -0.117. The number of rotatable bonds is 3. The van der Waals surface area contributed by atoms with Gasteiger partial charge in [-0.25, -0.2) is 0 Å². The van der Waals surface area contributed by atoms with Crippen molar-refractivity contribution in [3.63, 3.8) is 0 Å². The Kier molecular flexibility index (Phi) is 4.09. The lowest BCUT2D eigenvalue weighted by atomic mass is 10.2. The van der Waals surface area contributed by atoms with Gasteiger partial charge in [0.2, 0.25) is 0 Å². The normalized spacial score (nSPS) is 25.7. The molecule has 12 heavy (non-hydrogen) atoms. The van der Waals surface area contributed by atoms with Gasteiger partial charge in [0, 0.05) is 37.1 Å². The Balaban J connectivity index is 2.24. The summed E-state index contributed by atoms with van der Waals surface area (Å²) in [6, 6.07) is 0.656. The number of thioether (sulfide) groups is 1. The fraction of sp³-hybridized carbons (Fsp3) is 0.889. The summed E-state index contributed by atoms with van der Waals surface area (Å²) in [7, 11) is 0. The highest BCUT2D eigenvalue weighted by Crippen LogP contribution is 2.15. The Hall–Kier alpha value is -0.0200. The molecule has 1 aliphatic heterocycles. The van der Waals surface area contributed by atoms with Crippen molar-refractivity contribution in [2.45, 2.75) is 26.3 Å². The number of Topliss-reactive ketones (excluding diaryl/α,β-unsaturated/α-hetero) is 1. The molecular weight excluding hydrogens is 170 g/mol. The van der Waals surface area contributed by atoms with Crippen LogP contribution in [-0.2, 0) is 4.79 Å². The van der Waals surface area contributed by atoms with E-state index in [0.717, 1.165) is 19.5 Å². The summed E-state index contributed by atoms with van der Waals surface area (Å²) in [4.78, 5) is 13.2. The van der Waals surface area contributed by atoms with E-state index < -0.39 is 0 Å². The number of carbonyl (C=O) groups excluding carboxylic acids is 1. The van der Waals surface area contributed by atoms with Crippen molar-refractivity contribution in [1.82, 2.24) is 4.90 Å². The van der Waals surface area contributed by atoms with Gasteiger partial charge in [-0.15, -0.1) is 0 Å². The van der Waals surface area contributed by atoms with Crippen LogP contribution in [0, 0.1) is 0 Å². The van der Waals surface area contributed by atoms with E-state index in [0.29, 0.717) is 11.8 Å². The Bertz CT molecular complexity index is 161. The molecule has 2 nitrogen and oxygen atoms in total. The second-order valence-electron chi connectivity index (χ2n) is 3.41. The number of hydrogen-bond acceptors (Lipinski definition) is 3. The number of hydrogen-bond donors (Lipinski definition) is 0. The Morgan fingerprint density at radius 3 is 3.00 bits per heavy atom. The molecule has 1 aliphatic rings. The molecular formula is C9H17NOS. The first-order valence-corrected chi connectivity index (χ1v) is 5.67. The second-order valence-corrected chi connectivity index (χ2v) is 4.56. The molecule has 0 bridgehead atoms. The number of carbonyl (C=O) groups is 1. The summed E-state index contributed by atoms with van der Waals surface area (Å²) in [5.41, 5.74) is 0. The smallest absolute Gasteiger partial charge is 0.131 e. The first-order valence-electron chi connectivity index (χ1n) is 4.51. The largest absolute Gasteiger partial charge is 0.300 e. The van der Waals surface area contributed by atoms with Crippen LogP contribution >= 0.6 is 11.8 Å². The van der Waals surface area contributed by atoms with E-state index in [1.165, 1.54) is 11.5 Å². The molecule has 0 spiro atoms. The molecule has 70 valence electrons. The predicted molar refractivity (Wildman–Crippen MR) is 53.7 cm³/mol. The zero-order chi connectivity index (χ0) is 8.97. The van der Waals surface area contributed by atoms with Crippen molar-refractivity contribution in [1.29, 1.82) is 0 Å². The number of nitrogens with zero attached hydrogens (tertiary/aromatic N) is 1. The van der Waals surface area contributed by atoms with Crippen molar-refractivity contribution in [2.24, 2.45) is 0 Å². The van der Waals surface area contributed by atoms with Crippen LogP contribution in [0.25, 0.3) is 0 Å². The van der Waals surface area contributed by atoms with E-state index in [2.05, 4.69) is 11.8 Å². The third-order valence-corrected chi connectivity index (χ3v) is 3.45. The van der Waals surface area contributed by atoms with E-state index in [1.54, 1.807) is 6.92 Å². The minimum atomic E-state index is 0.306. The molecule has 0 radical (unpaired) electrons. The van der Waals surface area contributed by atoms with E-state index >= 15 is 0 Å². The summed E-state index contributed by atoms with van der Waals surface area (Å²) in [6.07, 6.45) is 0.717. The van der Waals surface area contributed by atoms with E-state index in [-0.39, 0.29) is 0 Å². The average molecular weight is 187 g/mol. The van der Waals surface area contributed by atoms with Crippen LogP contribution in [0.4, 0.5) is 0 Å². The lowest BCUT2D eigenvalue weighted by Crippen LogP contribution is -2.41. The molecule has 1 heterocycles. The molecule has 0 amide bonds. The van der Waals surface area contributed by atoms with Gasteiger partial charge in [0.15, 0.2) is 0 Å². The van der Waals surface area contributed by atoms with Gasteiger partial charge in [-0.2, -0.15) is 11.8 Å². The van der Waals surface area contributed by atoms with E-state index in [1.807, 2.05) is 11.8 Å². The zero-order valence-corrected chi connectivity index (χ0v) is 8.69. The van der Waals surface area contributed by atoms with Crippen LogP contribution in [0.3, 0.4) is 0 Å². The number of ketones is 1. The van der Waals surface area contributed by atoms with Crippen LogP contribution in [0.5, 0.6) is 0 Å². The molecule has 0 saturated carbocycles. The van der Waals surface area contributed by atoms with Crippen LogP contribution in [0.15, 0.2) is 0 Å². The molecule has 0 N–H and O–H groups in total. The summed E-state index contributed by atoms with van der Waals surface area (Å²) in [5.74, 6) is 2.75. The van der Waals surface area contributed by atoms with Gasteiger partial charge in [-0.1, -0.05) is 0 Å². The highest BCUT2D eigenvalue weighted by Gasteiger charge is 2.17. The summed E-state index contributed by atoms with van der Waals surface area (Å²) >= 11 is 2.01. The Labute approximate surface area is 78.7 Å². The molecule has 1 rings (SSSR count). The van der Waals surface area contributed by atoms with Crippen molar-refractivity contribution in [3.8, 4) is 0 Å². The molecule has 3 heteroatoms. The third kappa shape index (κ3) is 3.15. The van der Waals surface area contributed by atoms with Gasteiger partial charge in [0.05, 0.1) is 0 Å². The minimum Gasteiger partial charge on any atom is -0.300 e. The van der Waals surface area contributed by atoms with Gasteiger partial charge >= 0.3 is 0 Å². The molecule has 0 aliphatic carbocycles. The molecule has 0 aromatic heterocycles. The first-order chi connectivity index (χ1) is 5.70. The minimum absolute atomic E-state index is 0.306. The lowest BCUT2D eigenvalue weighted by Gasteiger charge is -2.32. The van der Waals surface area contributed by atoms with Crippen molar-refractivity contribution < 1.29 is 4.79 Å². The van der Waals surface area contributed by atoms with Crippen LogP contribution in [-0.4, -0.2) is 41.3 Å². The van der Waals surface area contributed by atoms with E-state index in [4.69, 9.17) is 0 Å². The molecule has 0 aromatic carbocycles. The van der Waals surface area contributed by atoms with Gasteiger partial charge in [0.25, 0.3) is 0 Å². The van der Waals surface area contributed by atoms with Crippen molar-refractivity contribution in [2.75, 3.05) is 24.6 Å². The molecule has 1 fully saturated rings. The highest BCUT2D eigenvalue weighted by molar-refractivity contribution is 7.99. The standard InChI is InChI=1S/C9H17NOS/c1-8-7-12-6-5-10(8)4-3-9(2)11/h8H,3-7H2,1-2H3. The van der Waals surface area contributed by atoms with Gasteiger partial charge in [0.1, 0.15) is 5.78 Å². The highest BCUT2D eigenvalue weighted by atomic mass is 32.2. The molecule has 0 aromatic rings. The quantitative estimate of drug-likeness (QED) is 0.666. The summed E-state index contributed by atoms with van der Waals surface area (Å²) in [6.45, 7) is 6.02. The predicted octanol–water partition coefficient (Wildman–Crippen LogP) is 1.40. The molecule has 1 saturated heterocycles. The fourth-order valence-corrected chi connectivity index (χ4v) is 2.48. The maximum absolute atomic E-state index is 10.8. The van der Waals surface area contributed by atoms with Gasteiger partial charge < -0.3 is 0 Å². The Morgan fingerprint density at radius 2 is 2.42 bits per heavy atom. The van der Waals surface area contributed by atoms with Crippen LogP contribution in [0.2, 0.25) is 0 Å². The SMILES string of the molecule is CC(=O)CCN1CCSCC1C. The second kappa shape index (κ2) is 4.87. The average Bonchev–Trinajstić information content (AvgIpc) is 2.03. The maximum atomic E-state index is 10.8. The maximum Gasteiger partial charge on any atom is 0.131 e. The zero-order valence-electron chi connectivity index (χ0n) is 7.88. The fourth-order valence-electron chi connectivity index (χ4n) is 1.39. The Morgan fingerprint density at radius 1 is 1.67 bits per heavy atom. The van der Waals surface area contributed by atoms with Crippen LogP contribution in [0.1, 0.15) is 20.3 Å². The topological polar surface area (TPSA) is 20.3 Å². The van der Waals surface area contributed by atoms with Crippen molar-refractivity contribution >= 4 is 17.5 Å². The van der Waals surface area contributed by atoms with Crippen LogP contribution < -0.4 is 0 Å². The van der Waals surface area contributed by atoms with Gasteiger partial charge in [-0.3, -0.25) is 9.69 Å². The third-order valence-electron chi connectivity index (χ3n) is 2.26. The monoisotopic (exact) mass is 187 g/mol. The first kappa shape index (κ1) is 10.1.